The molecule has 0 radical (unpaired) electrons. The summed E-state index contributed by atoms with van der Waals surface area (Å²) in [4.78, 5) is 44.0. The largest absolute Gasteiger partial charge is 0.480 e. The SMILES string of the molecule is O=C(Cn1cc([N+](=O)[O-])ccc1=O)NC1(C(=O)O)CC1. The fourth-order valence-corrected chi connectivity index (χ4v) is 1.73. The number of nitro groups is 1. The first-order valence-electron chi connectivity index (χ1n) is 5.73. The molecule has 1 fully saturated rings. The summed E-state index contributed by atoms with van der Waals surface area (Å²) in [5.74, 6) is -1.80. The second-order valence-electron chi connectivity index (χ2n) is 4.55. The molecule has 1 saturated carbocycles. The van der Waals surface area contributed by atoms with Gasteiger partial charge in [0.1, 0.15) is 12.1 Å². The first-order valence-corrected chi connectivity index (χ1v) is 5.73. The van der Waals surface area contributed by atoms with Crippen LogP contribution >= 0.6 is 0 Å². The summed E-state index contributed by atoms with van der Waals surface area (Å²) in [6.45, 7) is -0.463. The number of pyridine rings is 1. The first kappa shape index (κ1) is 13.7. The van der Waals surface area contributed by atoms with Crippen LogP contribution in [0.4, 0.5) is 5.69 Å². The van der Waals surface area contributed by atoms with Crippen molar-refractivity contribution in [2.75, 3.05) is 0 Å². The molecular weight excluding hydrogens is 270 g/mol. The summed E-state index contributed by atoms with van der Waals surface area (Å²) in [6, 6.07) is 2.02. The molecule has 1 aliphatic carbocycles. The molecular formula is C11H11N3O6. The molecule has 1 heterocycles. The third-order valence-electron chi connectivity index (χ3n) is 3.03. The van der Waals surface area contributed by atoms with Crippen molar-refractivity contribution in [1.82, 2.24) is 9.88 Å². The van der Waals surface area contributed by atoms with E-state index in [1.54, 1.807) is 0 Å². The second kappa shape index (κ2) is 4.76. The van der Waals surface area contributed by atoms with Crippen LogP contribution in [0, 0.1) is 10.1 Å². The van der Waals surface area contributed by atoms with E-state index >= 15 is 0 Å². The predicted octanol–water partition coefficient (Wildman–Crippen LogP) is -0.510. The van der Waals surface area contributed by atoms with Gasteiger partial charge in [0.2, 0.25) is 5.91 Å². The van der Waals surface area contributed by atoms with Crippen LogP contribution in [-0.2, 0) is 16.1 Å². The highest BCUT2D eigenvalue weighted by atomic mass is 16.6. The third-order valence-corrected chi connectivity index (χ3v) is 3.03. The van der Waals surface area contributed by atoms with Gasteiger partial charge in [-0.2, -0.15) is 0 Å². The summed E-state index contributed by atoms with van der Waals surface area (Å²) in [5, 5.41) is 21.8. The third kappa shape index (κ3) is 2.66. The normalized spacial score (nSPS) is 15.4. The van der Waals surface area contributed by atoms with Gasteiger partial charge >= 0.3 is 5.97 Å². The molecule has 0 spiro atoms. The van der Waals surface area contributed by atoms with Crippen molar-refractivity contribution in [3.05, 3.63) is 38.8 Å². The van der Waals surface area contributed by atoms with Crippen LogP contribution < -0.4 is 10.9 Å². The van der Waals surface area contributed by atoms with Crippen LogP contribution in [0.25, 0.3) is 0 Å². The minimum Gasteiger partial charge on any atom is -0.480 e. The summed E-state index contributed by atoms with van der Waals surface area (Å²) in [5.41, 5.74) is -2.15. The lowest BCUT2D eigenvalue weighted by atomic mass is 10.2. The van der Waals surface area contributed by atoms with E-state index in [1.165, 1.54) is 0 Å². The molecule has 2 rings (SSSR count). The van der Waals surface area contributed by atoms with E-state index < -0.39 is 34.4 Å². The Morgan fingerprint density at radius 2 is 2.10 bits per heavy atom. The quantitative estimate of drug-likeness (QED) is 0.552. The van der Waals surface area contributed by atoms with Gasteiger partial charge in [-0.15, -0.1) is 0 Å². The maximum atomic E-state index is 11.7. The monoisotopic (exact) mass is 281 g/mol. The number of rotatable bonds is 5. The molecule has 2 N–H and O–H groups in total. The molecule has 106 valence electrons. The van der Waals surface area contributed by atoms with Gasteiger partial charge in [-0.1, -0.05) is 0 Å². The summed E-state index contributed by atoms with van der Waals surface area (Å²) in [7, 11) is 0. The molecule has 9 heteroatoms. The average molecular weight is 281 g/mol. The van der Waals surface area contributed by atoms with Crippen molar-refractivity contribution in [1.29, 1.82) is 0 Å². The number of nitrogens with zero attached hydrogens (tertiary/aromatic N) is 2. The van der Waals surface area contributed by atoms with Crippen LogP contribution in [-0.4, -0.2) is 32.0 Å². The molecule has 0 aliphatic heterocycles. The summed E-state index contributed by atoms with van der Waals surface area (Å²) >= 11 is 0. The van der Waals surface area contributed by atoms with E-state index in [-0.39, 0.29) is 5.69 Å². The van der Waals surface area contributed by atoms with Gasteiger partial charge in [0.05, 0.1) is 11.1 Å². The van der Waals surface area contributed by atoms with Gasteiger partial charge in [0.15, 0.2) is 0 Å². The van der Waals surface area contributed by atoms with E-state index in [4.69, 9.17) is 5.11 Å². The van der Waals surface area contributed by atoms with Crippen molar-refractivity contribution in [2.45, 2.75) is 24.9 Å². The number of carboxylic acids is 1. The average Bonchev–Trinajstić information content (AvgIpc) is 3.12. The van der Waals surface area contributed by atoms with Crippen LogP contribution in [0.15, 0.2) is 23.1 Å². The Hall–Kier alpha value is -2.71. The van der Waals surface area contributed by atoms with Crippen molar-refractivity contribution >= 4 is 17.6 Å². The molecule has 0 atom stereocenters. The number of hydrogen-bond acceptors (Lipinski definition) is 5. The predicted molar refractivity (Wildman–Crippen MR) is 65.1 cm³/mol. The second-order valence-corrected chi connectivity index (χ2v) is 4.55. The van der Waals surface area contributed by atoms with Gasteiger partial charge in [-0.3, -0.25) is 24.3 Å². The van der Waals surface area contributed by atoms with E-state index in [0.717, 1.165) is 22.9 Å². The van der Waals surface area contributed by atoms with E-state index in [1.807, 2.05) is 0 Å². The Labute approximate surface area is 112 Å². The zero-order valence-electron chi connectivity index (χ0n) is 10.2. The van der Waals surface area contributed by atoms with E-state index in [2.05, 4.69) is 5.32 Å². The number of aliphatic carboxylic acids is 1. The van der Waals surface area contributed by atoms with Gasteiger partial charge in [-0.05, 0) is 12.8 Å². The maximum absolute atomic E-state index is 11.7. The molecule has 0 bridgehead atoms. The van der Waals surface area contributed by atoms with E-state index in [0.29, 0.717) is 12.8 Å². The van der Waals surface area contributed by atoms with Gasteiger partial charge in [0, 0.05) is 12.1 Å². The molecule has 1 aliphatic rings. The highest BCUT2D eigenvalue weighted by molar-refractivity contribution is 5.89. The molecule has 0 unspecified atom stereocenters. The van der Waals surface area contributed by atoms with Gasteiger partial charge in [-0.25, -0.2) is 4.79 Å². The number of carbonyl (C=O) groups excluding carboxylic acids is 1. The molecule has 20 heavy (non-hydrogen) atoms. The standard InChI is InChI=1S/C11H11N3O6/c15-8(12-11(3-4-11)10(17)18)6-13-5-7(14(19)20)1-2-9(13)16/h1-2,5H,3-4,6H2,(H,12,15)(H,17,18). The van der Waals surface area contributed by atoms with E-state index in [9.17, 15) is 24.5 Å². The van der Waals surface area contributed by atoms with Crippen molar-refractivity contribution in [2.24, 2.45) is 0 Å². The first-order chi connectivity index (χ1) is 9.34. The van der Waals surface area contributed by atoms with Crippen LogP contribution in [0.2, 0.25) is 0 Å². The Kier molecular flexibility index (Phi) is 3.26. The minimum absolute atomic E-state index is 0.322. The Morgan fingerprint density at radius 3 is 2.60 bits per heavy atom. The van der Waals surface area contributed by atoms with Crippen LogP contribution in [0.1, 0.15) is 12.8 Å². The fourth-order valence-electron chi connectivity index (χ4n) is 1.73. The topological polar surface area (TPSA) is 132 Å². The van der Waals surface area contributed by atoms with Crippen molar-refractivity contribution in [3.63, 3.8) is 0 Å². The number of carboxylic acid groups (broad SMARTS) is 1. The lowest BCUT2D eigenvalue weighted by Crippen LogP contribution is -2.45. The lowest BCUT2D eigenvalue weighted by Gasteiger charge is -2.12. The number of aromatic nitrogens is 1. The molecule has 1 amide bonds. The maximum Gasteiger partial charge on any atom is 0.329 e. The Morgan fingerprint density at radius 1 is 1.45 bits per heavy atom. The van der Waals surface area contributed by atoms with Crippen molar-refractivity contribution < 1.29 is 19.6 Å². The van der Waals surface area contributed by atoms with Crippen molar-refractivity contribution in [3.8, 4) is 0 Å². The highest BCUT2D eigenvalue weighted by Crippen LogP contribution is 2.35. The van der Waals surface area contributed by atoms with Crippen LogP contribution in [0.3, 0.4) is 0 Å². The fraction of sp³-hybridized carbons (Fsp3) is 0.364. The molecule has 9 nitrogen and oxygen atoms in total. The summed E-state index contributed by atoms with van der Waals surface area (Å²) in [6.07, 6.45) is 1.61. The zero-order chi connectivity index (χ0) is 14.9. The molecule has 1 aromatic rings. The Bertz CT molecular complexity index is 646. The minimum atomic E-state index is -1.25. The number of hydrogen-bond donors (Lipinski definition) is 2. The highest BCUT2D eigenvalue weighted by Gasteiger charge is 2.51. The zero-order valence-corrected chi connectivity index (χ0v) is 10.2. The lowest BCUT2D eigenvalue weighted by molar-refractivity contribution is -0.385. The summed E-state index contributed by atoms with van der Waals surface area (Å²) < 4.78 is 0.866. The Balaban J connectivity index is 2.12. The number of carbonyl (C=O) groups is 2. The number of nitrogens with one attached hydrogen (secondary N) is 1. The molecule has 1 aromatic heterocycles. The van der Waals surface area contributed by atoms with Gasteiger partial charge < -0.3 is 10.4 Å². The molecule has 0 saturated heterocycles. The smallest absolute Gasteiger partial charge is 0.329 e. The van der Waals surface area contributed by atoms with Gasteiger partial charge in [0.25, 0.3) is 11.2 Å². The number of amides is 1. The molecule has 0 aromatic carbocycles. The van der Waals surface area contributed by atoms with Crippen LogP contribution in [0.5, 0.6) is 0 Å².